The molecule has 2 saturated heterocycles. The molecule has 3 heterocycles. The van der Waals surface area contributed by atoms with E-state index in [1.807, 2.05) is 9.80 Å². The molecule has 0 unspecified atom stereocenters. The number of hydrogen-bond acceptors (Lipinski definition) is 5. The van der Waals surface area contributed by atoms with Crippen molar-refractivity contribution in [1.29, 1.82) is 0 Å². The first-order valence-electron chi connectivity index (χ1n) is 9.61. The van der Waals surface area contributed by atoms with Gasteiger partial charge < -0.3 is 14.3 Å². The van der Waals surface area contributed by atoms with Gasteiger partial charge in [-0.15, -0.1) is 0 Å². The summed E-state index contributed by atoms with van der Waals surface area (Å²) in [5, 5.41) is 4.14. The molecule has 2 saturated carbocycles. The number of carbonyl (C=O) groups is 2. The van der Waals surface area contributed by atoms with Crippen LogP contribution < -0.4 is 0 Å². The van der Waals surface area contributed by atoms with E-state index in [2.05, 4.69) is 10.1 Å². The first kappa shape index (κ1) is 15.3. The lowest BCUT2D eigenvalue weighted by atomic mass is 10.1. The van der Waals surface area contributed by atoms with E-state index in [0.717, 1.165) is 44.7 Å². The van der Waals surface area contributed by atoms with Gasteiger partial charge in [0.2, 0.25) is 17.7 Å². The van der Waals surface area contributed by atoms with Crippen LogP contribution in [0.5, 0.6) is 0 Å². The number of aromatic nitrogens is 2. The van der Waals surface area contributed by atoms with Crippen molar-refractivity contribution in [1.82, 2.24) is 19.9 Å². The van der Waals surface area contributed by atoms with Gasteiger partial charge in [-0.05, 0) is 44.4 Å². The second kappa shape index (κ2) is 5.81. The van der Waals surface area contributed by atoms with E-state index >= 15 is 0 Å². The molecule has 0 bridgehead atoms. The lowest BCUT2D eigenvalue weighted by molar-refractivity contribution is -0.136. The fourth-order valence-electron chi connectivity index (χ4n) is 4.14. The summed E-state index contributed by atoms with van der Waals surface area (Å²) in [6.45, 7) is 2.14. The van der Waals surface area contributed by atoms with Crippen LogP contribution in [0.25, 0.3) is 0 Å². The SMILES string of the molecule is O=C1C[C@@H](C(=O)N2CCC[C@H]2c2noc(C3CC3)n2)CN1CC1CC1. The van der Waals surface area contributed by atoms with Gasteiger partial charge in [0.25, 0.3) is 0 Å². The molecule has 2 aliphatic heterocycles. The van der Waals surface area contributed by atoms with Crippen molar-refractivity contribution >= 4 is 11.8 Å². The van der Waals surface area contributed by atoms with E-state index in [1.54, 1.807) is 0 Å². The van der Waals surface area contributed by atoms with Crippen LogP contribution in [0.1, 0.15) is 68.6 Å². The molecule has 2 atom stereocenters. The molecule has 1 aromatic rings. The predicted molar refractivity (Wildman–Crippen MR) is 87.4 cm³/mol. The summed E-state index contributed by atoms with van der Waals surface area (Å²) in [5.74, 6) is 2.48. The Kier molecular flexibility index (Phi) is 3.57. The average molecular weight is 344 g/mol. The lowest BCUT2D eigenvalue weighted by Crippen LogP contribution is -2.37. The Morgan fingerprint density at radius 1 is 1.20 bits per heavy atom. The smallest absolute Gasteiger partial charge is 0.229 e. The van der Waals surface area contributed by atoms with Gasteiger partial charge in [-0.1, -0.05) is 5.16 Å². The Bertz CT molecular complexity index is 694. The van der Waals surface area contributed by atoms with Crippen molar-refractivity contribution < 1.29 is 14.1 Å². The van der Waals surface area contributed by atoms with E-state index in [4.69, 9.17) is 4.52 Å². The number of hydrogen-bond donors (Lipinski definition) is 0. The number of carbonyl (C=O) groups excluding carboxylic acids is 2. The van der Waals surface area contributed by atoms with Gasteiger partial charge in [0, 0.05) is 32.0 Å². The molecule has 0 N–H and O–H groups in total. The molecule has 0 radical (unpaired) electrons. The van der Waals surface area contributed by atoms with E-state index in [9.17, 15) is 9.59 Å². The van der Waals surface area contributed by atoms with Crippen LogP contribution in [0.15, 0.2) is 4.52 Å². The van der Waals surface area contributed by atoms with E-state index in [1.165, 1.54) is 12.8 Å². The van der Waals surface area contributed by atoms with Crippen molar-refractivity contribution in [2.45, 2.75) is 56.9 Å². The molecular formula is C18H24N4O3. The number of amides is 2. The third-order valence-corrected chi connectivity index (χ3v) is 5.96. The molecule has 134 valence electrons. The molecule has 25 heavy (non-hydrogen) atoms. The van der Waals surface area contributed by atoms with Crippen LogP contribution in [0.3, 0.4) is 0 Å². The van der Waals surface area contributed by atoms with Crippen LogP contribution in [0.2, 0.25) is 0 Å². The molecule has 4 fully saturated rings. The first-order chi connectivity index (χ1) is 12.2. The summed E-state index contributed by atoms with van der Waals surface area (Å²) in [5.41, 5.74) is 0. The molecule has 4 aliphatic rings. The summed E-state index contributed by atoms with van der Waals surface area (Å²) in [4.78, 5) is 33.6. The largest absolute Gasteiger partial charge is 0.342 e. The maximum Gasteiger partial charge on any atom is 0.229 e. The van der Waals surface area contributed by atoms with E-state index in [-0.39, 0.29) is 23.8 Å². The zero-order valence-electron chi connectivity index (χ0n) is 14.4. The predicted octanol–water partition coefficient (Wildman–Crippen LogP) is 1.87. The highest BCUT2D eigenvalue weighted by Crippen LogP contribution is 2.40. The van der Waals surface area contributed by atoms with Crippen LogP contribution >= 0.6 is 0 Å². The highest BCUT2D eigenvalue weighted by molar-refractivity contribution is 5.89. The minimum atomic E-state index is -0.207. The summed E-state index contributed by atoms with van der Waals surface area (Å²) in [7, 11) is 0. The monoisotopic (exact) mass is 344 g/mol. The summed E-state index contributed by atoms with van der Waals surface area (Å²) in [6.07, 6.45) is 6.87. The standard InChI is InChI=1S/C18H24N4O3/c23-15-8-13(10-21(15)9-11-3-4-11)18(24)22-7-1-2-14(22)16-19-17(25-20-16)12-5-6-12/h11-14H,1-10H2/t13-,14+/m1/s1. The third-order valence-electron chi connectivity index (χ3n) is 5.96. The Labute approximate surface area is 146 Å². The van der Waals surface area contributed by atoms with Crippen molar-refractivity contribution in [3.8, 4) is 0 Å². The molecule has 7 heteroatoms. The zero-order valence-corrected chi connectivity index (χ0v) is 14.4. The molecule has 2 aliphatic carbocycles. The maximum absolute atomic E-state index is 13.0. The molecule has 5 rings (SSSR count). The molecule has 0 aromatic carbocycles. The minimum Gasteiger partial charge on any atom is -0.342 e. The summed E-state index contributed by atoms with van der Waals surface area (Å²) >= 11 is 0. The van der Waals surface area contributed by atoms with E-state index < -0.39 is 0 Å². The van der Waals surface area contributed by atoms with Gasteiger partial charge in [-0.2, -0.15) is 4.98 Å². The fraction of sp³-hybridized carbons (Fsp3) is 0.778. The summed E-state index contributed by atoms with van der Waals surface area (Å²) in [6, 6.07) is -0.0867. The van der Waals surface area contributed by atoms with Crippen LogP contribution in [0, 0.1) is 11.8 Å². The number of rotatable bonds is 5. The molecule has 7 nitrogen and oxygen atoms in total. The Balaban J connectivity index is 1.27. The normalized spacial score (nSPS) is 29.7. The first-order valence-corrected chi connectivity index (χ1v) is 9.61. The Morgan fingerprint density at radius 3 is 2.80 bits per heavy atom. The highest BCUT2D eigenvalue weighted by Gasteiger charge is 2.42. The van der Waals surface area contributed by atoms with Gasteiger partial charge >= 0.3 is 0 Å². The quantitative estimate of drug-likeness (QED) is 0.815. The molecule has 1 aromatic heterocycles. The van der Waals surface area contributed by atoms with Gasteiger partial charge in [-0.3, -0.25) is 9.59 Å². The minimum absolute atomic E-state index is 0.0867. The number of likely N-dealkylation sites (tertiary alicyclic amines) is 2. The molecular weight excluding hydrogens is 320 g/mol. The van der Waals surface area contributed by atoms with Crippen molar-refractivity contribution in [2.75, 3.05) is 19.6 Å². The topological polar surface area (TPSA) is 79.5 Å². The van der Waals surface area contributed by atoms with Crippen molar-refractivity contribution in [3.05, 3.63) is 11.7 Å². The van der Waals surface area contributed by atoms with Gasteiger partial charge in [0.15, 0.2) is 5.82 Å². The van der Waals surface area contributed by atoms with Crippen molar-refractivity contribution in [2.24, 2.45) is 11.8 Å². The maximum atomic E-state index is 13.0. The van der Waals surface area contributed by atoms with Crippen LogP contribution in [-0.4, -0.2) is 51.4 Å². The Morgan fingerprint density at radius 2 is 2.04 bits per heavy atom. The van der Waals surface area contributed by atoms with Gasteiger partial charge in [0.1, 0.15) is 0 Å². The fourth-order valence-corrected chi connectivity index (χ4v) is 4.14. The Hall–Kier alpha value is -1.92. The van der Waals surface area contributed by atoms with E-state index in [0.29, 0.717) is 30.6 Å². The average Bonchev–Trinajstić information content (AvgIpc) is 3.47. The number of nitrogens with zero attached hydrogens (tertiary/aromatic N) is 4. The van der Waals surface area contributed by atoms with Gasteiger partial charge in [0.05, 0.1) is 12.0 Å². The molecule has 2 amide bonds. The lowest BCUT2D eigenvalue weighted by Gasteiger charge is -2.25. The molecule has 0 spiro atoms. The third kappa shape index (κ3) is 2.93. The van der Waals surface area contributed by atoms with Crippen LogP contribution in [0.4, 0.5) is 0 Å². The zero-order chi connectivity index (χ0) is 17.0. The summed E-state index contributed by atoms with van der Waals surface area (Å²) < 4.78 is 5.38. The van der Waals surface area contributed by atoms with Crippen molar-refractivity contribution in [3.63, 3.8) is 0 Å². The second-order valence-electron chi connectivity index (χ2n) is 8.10. The van der Waals surface area contributed by atoms with Gasteiger partial charge in [-0.25, -0.2) is 0 Å². The second-order valence-corrected chi connectivity index (χ2v) is 8.10. The van der Waals surface area contributed by atoms with Crippen LogP contribution in [-0.2, 0) is 9.59 Å². The highest BCUT2D eigenvalue weighted by atomic mass is 16.5.